The second-order valence-corrected chi connectivity index (χ2v) is 9.67. The number of piperidine rings is 1. The van der Waals surface area contributed by atoms with Crippen LogP contribution in [0.5, 0.6) is 0 Å². The summed E-state index contributed by atoms with van der Waals surface area (Å²) in [6.45, 7) is 2.35. The zero-order valence-electron chi connectivity index (χ0n) is 16.0. The van der Waals surface area contributed by atoms with Gasteiger partial charge in [-0.25, -0.2) is 0 Å². The van der Waals surface area contributed by atoms with E-state index in [1.807, 2.05) is 22.4 Å². The minimum Gasteiger partial charge on any atom is -0.388 e. The van der Waals surface area contributed by atoms with E-state index >= 15 is 0 Å². The van der Waals surface area contributed by atoms with E-state index in [0.29, 0.717) is 13.0 Å². The molecule has 2 saturated carbocycles. The van der Waals surface area contributed by atoms with Crippen LogP contribution in [0.3, 0.4) is 0 Å². The van der Waals surface area contributed by atoms with Crippen LogP contribution < -0.4 is 5.32 Å². The molecule has 3 atom stereocenters. The first kappa shape index (κ1) is 18.9. The number of amides is 2. The Hall–Kier alpha value is -1.40. The van der Waals surface area contributed by atoms with Crippen LogP contribution in [0.4, 0.5) is 0 Å². The molecule has 6 heteroatoms. The fourth-order valence-electron chi connectivity index (χ4n) is 4.77. The van der Waals surface area contributed by atoms with Gasteiger partial charge >= 0.3 is 0 Å². The van der Waals surface area contributed by atoms with Crippen LogP contribution in [0.2, 0.25) is 0 Å². The molecule has 0 bridgehead atoms. The van der Waals surface area contributed by atoms with Crippen molar-refractivity contribution in [1.82, 2.24) is 10.2 Å². The van der Waals surface area contributed by atoms with E-state index in [9.17, 15) is 14.7 Å². The first-order chi connectivity index (χ1) is 13.0. The van der Waals surface area contributed by atoms with Crippen molar-refractivity contribution in [3.05, 3.63) is 22.4 Å². The second kappa shape index (κ2) is 7.55. The summed E-state index contributed by atoms with van der Waals surface area (Å²) in [6, 6.07) is 3.24. The SMILES string of the molecule is C[C@@]1(O)CCN(C(=O)C2CCC2)[C@@H](c2cccs2)[C@@H]1NC(=O)C1CCCC1. The molecule has 0 radical (unpaired) electrons. The van der Waals surface area contributed by atoms with Gasteiger partial charge in [0.05, 0.1) is 17.7 Å². The van der Waals surface area contributed by atoms with Crippen LogP contribution in [-0.4, -0.2) is 40.0 Å². The maximum absolute atomic E-state index is 13.1. The third-order valence-electron chi connectivity index (χ3n) is 6.78. The van der Waals surface area contributed by atoms with Gasteiger partial charge in [0.25, 0.3) is 0 Å². The van der Waals surface area contributed by atoms with E-state index in [1.165, 1.54) is 0 Å². The number of hydrogen-bond donors (Lipinski definition) is 2. The fourth-order valence-corrected chi connectivity index (χ4v) is 5.64. The number of hydrogen-bond acceptors (Lipinski definition) is 4. The molecule has 1 aliphatic heterocycles. The number of aliphatic hydroxyl groups is 1. The summed E-state index contributed by atoms with van der Waals surface area (Å²) in [5.74, 6) is 0.386. The summed E-state index contributed by atoms with van der Waals surface area (Å²) >= 11 is 1.60. The molecular formula is C21H30N2O3S. The summed E-state index contributed by atoms with van der Waals surface area (Å²) in [5, 5.41) is 16.3. The van der Waals surface area contributed by atoms with Crippen molar-refractivity contribution in [2.24, 2.45) is 11.8 Å². The fraction of sp³-hybridized carbons (Fsp3) is 0.714. The molecule has 27 heavy (non-hydrogen) atoms. The van der Waals surface area contributed by atoms with Gasteiger partial charge in [0.1, 0.15) is 0 Å². The summed E-state index contributed by atoms with van der Waals surface area (Å²) in [7, 11) is 0. The maximum Gasteiger partial charge on any atom is 0.226 e. The standard InChI is InChI=1S/C21H30N2O3S/c1-21(26)11-12-23(20(25)15-8-4-9-15)17(16-10-5-13-27-16)18(21)22-19(24)14-6-2-3-7-14/h5,10,13-15,17-18,26H,2-4,6-9,11-12H2,1H3,(H,22,24)/t17-,18-,21+/m0/s1. The van der Waals surface area contributed by atoms with E-state index in [1.54, 1.807) is 18.3 Å². The van der Waals surface area contributed by atoms with Crippen LogP contribution in [0.15, 0.2) is 17.5 Å². The van der Waals surface area contributed by atoms with Gasteiger partial charge in [-0.05, 0) is 50.5 Å². The van der Waals surface area contributed by atoms with Crippen LogP contribution in [0, 0.1) is 11.8 Å². The van der Waals surface area contributed by atoms with Crippen LogP contribution in [0.25, 0.3) is 0 Å². The molecule has 4 rings (SSSR count). The Morgan fingerprint density at radius 2 is 1.89 bits per heavy atom. The van der Waals surface area contributed by atoms with E-state index < -0.39 is 11.6 Å². The Morgan fingerprint density at radius 3 is 2.48 bits per heavy atom. The Kier molecular flexibility index (Phi) is 5.30. The zero-order chi connectivity index (χ0) is 19.0. The monoisotopic (exact) mass is 390 g/mol. The molecule has 5 nitrogen and oxygen atoms in total. The predicted molar refractivity (Wildman–Crippen MR) is 105 cm³/mol. The second-order valence-electron chi connectivity index (χ2n) is 8.69. The highest BCUT2D eigenvalue weighted by atomic mass is 32.1. The number of thiophene rings is 1. The molecule has 0 aromatic carbocycles. The molecule has 1 aromatic rings. The average Bonchev–Trinajstić information content (AvgIpc) is 3.28. The van der Waals surface area contributed by atoms with Gasteiger partial charge in [-0.3, -0.25) is 9.59 Å². The van der Waals surface area contributed by atoms with Gasteiger partial charge in [0.15, 0.2) is 0 Å². The average molecular weight is 391 g/mol. The van der Waals surface area contributed by atoms with Gasteiger partial charge in [-0.15, -0.1) is 11.3 Å². The Balaban J connectivity index is 1.62. The number of carbonyl (C=O) groups excluding carboxylic acids is 2. The van der Waals surface area contributed by atoms with Crippen molar-refractivity contribution in [2.75, 3.05) is 6.54 Å². The topological polar surface area (TPSA) is 69.6 Å². The van der Waals surface area contributed by atoms with Crippen LogP contribution in [-0.2, 0) is 9.59 Å². The van der Waals surface area contributed by atoms with Crippen molar-refractivity contribution in [2.45, 2.75) is 76.0 Å². The maximum atomic E-state index is 13.1. The molecule has 3 aliphatic rings. The number of carbonyl (C=O) groups is 2. The van der Waals surface area contributed by atoms with E-state index in [2.05, 4.69) is 5.32 Å². The first-order valence-electron chi connectivity index (χ1n) is 10.3. The van der Waals surface area contributed by atoms with Crippen molar-refractivity contribution < 1.29 is 14.7 Å². The molecule has 2 heterocycles. The quantitative estimate of drug-likeness (QED) is 0.829. The normalized spacial score (nSPS) is 32.3. The van der Waals surface area contributed by atoms with Gasteiger partial charge in [-0.1, -0.05) is 25.3 Å². The zero-order valence-corrected chi connectivity index (χ0v) is 16.8. The highest BCUT2D eigenvalue weighted by Gasteiger charge is 2.49. The van der Waals surface area contributed by atoms with E-state index in [-0.39, 0.29) is 29.7 Å². The molecule has 2 N–H and O–H groups in total. The van der Waals surface area contributed by atoms with Gasteiger partial charge < -0.3 is 15.3 Å². The summed E-state index contributed by atoms with van der Waals surface area (Å²) in [4.78, 5) is 29.0. The van der Waals surface area contributed by atoms with E-state index in [0.717, 1.165) is 49.8 Å². The molecule has 2 aliphatic carbocycles. The Morgan fingerprint density at radius 1 is 1.19 bits per heavy atom. The molecule has 0 unspecified atom stereocenters. The lowest BCUT2D eigenvalue weighted by atomic mass is 9.78. The first-order valence-corrected chi connectivity index (χ1v) is 11.2. The lowest BCUT2D eigenvalue weighted by Crippen LogP contribution is -2.64. The third kappa shape index (κ3) is 3.66. The number of likely N-dealkylation sites (tertiary alicyclic amines) is 1. The lowest BCUT2D eigenvalue weighted by molar-refractivity contribution is -0.152. The molecule has 148 valence electrons. The van der Waals surface area contributed by atoms with Gasteiger partial charge in [-0.2, -0.15) is 0 Å². The smallest absolute Gasteiger partial charge is 0.226 e. The van der Waals surface area contributed by atoms with Crippen LogP contribution >= 0.6 is 11.3 Å². The van der Waals surface area contributed by atoms with Gasteiger partial charge in [0, 0.05) is 23.3 Å². The highest BCUT2D eigenvalue weighted by molar-refractivity contribution is 7.10. The highest BCUT2D eigenvalue weighted by Crippen LogP contribution is 2.41. The molecule has 0 spiro atoms. The third-order valence-corrected chi connectivity index (χ3v) is 7.72. The molecule has 1 aromatic heterocycles. The Bertz CT molecular complexity index is 678. The van der Waals surface area contributed by atoms with Crippen LogP contribution in [0.1, 0.15) is 69.2 Å². The molecule has 3 fully saturated rings. The Labute approximate surface area is 165 Å². The minimum absolute atomic E-state index is 0.0391. The van der Waals surface area contributed by atoms with Crippen molar-refractivity contribution >= 4 is 23.2 Å². The lowest BCUT2D eigenvalue weighted by Gasteiger charge is -2.50. The molecular weight excluding hydrogens is 360 g/mol. The molecule has 1 saturated heterocycles. The number of nitrogens with zero attached hydrogens (tertiary/aromatic N) is 1. The van der Waals surface area contributed by atoms with E-state index in [4.69, 9.17) is 0 Å². The van der Waals surface area contributed by atoms with Gasteiger partial charge in [0.2, 0.25) is 11.8 Å². The number of nitrogens with one attached hydrogen (secondary N) is 1. The van der Waals surface area contributed by atoms with Crippen molar-refractivity contribution in [1.29, 1.82) is 0 Å². The largest absolute Gasteiger partial charge is 0.388 e. The van der Waals surface area contributed by atoms with Crippen molar-refractivity contribution in [3.8, 4) is 0 Å². The molecule has 2 amide bonds. The predicted octanol–water partition coefficient (Wildman–Crippen LogP) is 3.25. The van der Waals surface area contributed by atoms with Crippen molar-refractivity contribution in [3.63, 3.8) is 0 Å². The minimum atomic E-state index is -1.03. The summed E-state index contributed by atoms with van der Waals surface area (Å²) in [5.41, 5.74) is -1.03. The number of rotatable bonds is 4. The summed E-state index contributed by atoms with van der Waals surface area (Å²) < 4.78 is 0. The summed E-state index contributed by atoms with van der Waals surface area (Å²) in [6.07, 6.45) is 7.57.